The summed E-state index contributed by atoms with van der Waals surface area (Å²) in [7, 11) is 0. The van der Waals surface area contributed by atoms with Crippen LogP contribution in [0.15, 0.2) is 47.4 Å². The second-order valence-electron chi connectivity index (χ2n) is 4.50. The van der Waals surface area contributed by atoms with E-state index in [9.17, 15) is 4.79 Å². The summed E-state index contributed by atoms with van der Waals surface area (Å²) in [5, 5.41) is 0.444. The molecular formula is C16H16ClNOS. The van der Waals surface area contributed by atoms with Crippen molar-refractivity contribution in [2.24, 2.45) is 0 Å². The highest BCUT2D eigenvalue weighted by atomic mass is 35.5. The van der Waals surface area contributed by atoms with E-state index < -0.39 is 0 Å². The number of carbonyl (C=O) groups excluding carboxylic acids is 1. The summed E-state index contributed by atoms with van der Waals surface area (Å²) in [4.78, 5) is 15.2. The fraction of sp³-hybridized carbons (Fsp3) is 0.188. The quantitative estimate of drug-likeness (QED) is 0.821. The molecule has 0 saturated heterocycles. The normalized spacial score (nSPS) is 10.4. The number of aryl methyl sites for hydroxylation is 1. The number of para-hydroxylation sites is 1. The second kappa shape index (κ2) is 6.33. The van der Waals surface area contributed by atoms with Gasteiger partial charge in [0.1, 0.15) is 0 Å². The Morgan fingerprint density at radius 3 is 2.60 bits per heavy atom. The number of nitrogens with zero attached hydrogens (tertiary/aromatic N) is 1. The minimum atomic E-state index is -0.109. The van der Waals surface area contributed by atoms with Gasteiger partial charge in [-0.25, -0.2) is 0 Å². The van der Waals surface area contributed by atoms with Crippen molar-refractivity contribution in [2.45, 2.75) is 18.7 Å². The van der Waals surface area contributed by atoms with Gasteiger partial charge in [0.25, 0.3) is 5.91 Å². The van der Waals surface area contributed by atoms with E-state index in [2.05, 4.69) is 12.6 Å². The van der Waals surface area contributed by atoms with Crippen LogP contribution >= 0.6 is 24.2 Å². The summed E-state index contributed by atoms with van der Waals surface area (Å²) in [5.41, 5.74) is 2.44. The molecule has 0 aromatic heterocycles. The fourth-order valence-corrected chi connectivity index (χ4v) is 2.51. The van der Waals surface area contributed by atoms with E-state index >= 15 is 0 Å². The zero-order valence-electron chi connectivity index (χ0n) is 11.4. The molecule has 2 nitrogen and oxygen atoms in total. The molecule has 0 atom stereocenters. The first-order valence-electron chi connectivity index (χ1n) is 6.40. The largest absolute Gasteiger partial charge is 0.308 e. The van der Waals surface area contributed by atoms with Gasteiger partial charge in [-0.05, 0) is 43.7 Å². The molecule has 0 aliphatic heterocycles. The molecule has 104 valence electrons. The van der Waals surface area contributed by atoms with Gasteiger partial charge in [0, 0.05) is 17.1 Å². The van der Waals surface area contributed by atoms with Gasteiger partial charge in [-0.15, -0.1) is 12.6 Å². The van der Waals surface area contributed by atoms with E-state index in [0.717, 1.165) is 16.1 Å². The summed E-state index contributed by atoms with van der Waals surface area (Å²) in [6.45, 7) is 4.52. The highest BCUT2D eigenvalue weighted by Crippen LogP contribution is 2.25. The Hall–Kier alpha value is -1.45. The Balaban J connectivity index is 2.45. The van der Waals surface area contributed by atoms with Crippen LogP contribution in [0, 0.1) is 6.92 Å². The van der Waals surface area contributed by atoms with Crippen LogP contribution in [0.4, 0.5) is 5.69 Å². The Labute approximate surface area is 129 Å². The van der Waals surface area contributed by atoms with Gasteiger partial charge in [-0.2, -0.15) is 0 Å². The predicted molar refractivity (Wildman–Crippen MR) is 87.2 cm³/mol. The van der Waals surface area contributed by atoms with Crippen molar-refractivity contribution >= 4 is 35.8 Å². The number of amides is 1. The monoisotopic (exact) mass is 305 g/mol. The van der Waals surface area contributed by atoms with Crippen LogP contribution in [0.1, 0.15) is 22.8 Å². The molecule has 0 aliphatic carbocycles. The Bertz CT molecular complexity index is 642. The summed E-state index contributed by atoms with van der Waals surface area (Å²) >= 11 is 10.4. The summed E-state index contributed by atoms with van der Waals surface area (Å²) in [6.07, 6.45) is 0. The number of hydrogen-bond acceptors (Lipinski definition) is 2. The molecule has 0 N–H and O–H groups in total. The lowest BCUT2D eigenvalue weighted by Crippen LogP contribution is -2.31. The number of halogens is 1. The number of thiol groups is 1. The van der Waals surface area contributed by atoms with Crippen LogP contribution in [-0.2, 0) is 0 Å². The highest BCUT2D eigenvalue weighted by Gasteiger charge is 2.20. The molecule has 0 fully saturated rings. The maximum Gasteiger partial charge on any atom is 0.259 e. The molecule has 0 bridgehead atoms. The zero-order chi connectivity index (χ0) is 14.7. The van der Waals surface area contributed by atoms with E-state index in [1.807, 2.05) is 38.1 Å². The van der Waals surface area contributed by atoms with Gasteiger partial charge >= 0.3 is 0 Å². The van der Waals surface area contributed by atoms with E-state index in [1.54, 1.807) is 23.1 Å². The van der Waals surface area contributed by atoms with Crippen LogP contribution in [0.25, 0.3) is 0 Å². The average molecular weight is 306 g/mol. The smallest absolute Gasteiger partial charge is 0.259 e. The van der Waals surface area contributed by atoms with Crippen molar-refractivity contribution < 1.29 is 4.79 Å². The summed E-state index contributed by atoms with van der Waals surface area (Å²) < 4.78 is 0. The van der Waals surface area contributed by atoms with Gasteiger partial charge in [0.05, 0.1) is 10.6 Å². The molecule has 0 aliphatic rings. The van der Waals surface area contributed by atoms with E-state index in [4.69, 9.17) is 11.6 Å². The standard InChI is InChI=1S/C16H16ClNOS/c1-3-18(15-7-5-4-6-11(15)2)16(19)13-10-12(20)8-9-14(13)17/h4-10,20H,3H2,1-2H3. The number of anilines is 1. The van der Waals surface area contributed by atoms with Crippen LogP contribution < -0.4 is 4.90 Å². The third-order valence-corrected chi connectivity index (χ3v) is 3.76. The lowest BCUT2D eigenvalue weighted by atomic mass is 10.1. The first-order valence-corrected chi connectivity index (χ1v) is 7.23. The summed E-state index contributed by atoms with van der Waals surface area (Å²) in [5.74, 6) is -0.109. The van der Waals surface area contributed by atoms with Crippen molar-refractivity contribution in [2.75, 3.05) is 11.4 Å². The third-order valence-electron chi connectivity index (χ3n) is 3.15. The van der Waals surface area contributed by atoms with Gasteiger partial charge < -0.3 is 4.90 Å². The first kappa shape index (κ1) is 14.9. The molecule has 4 heteroatoms. The molecule has 2 aromatic rings. The predicted octanol–water partition coefficient (Wildman–Crippen LogP) is 4.60. The van der Waals surface area contributed by atoms with E-state index in [-0.39, 0.29) is 5.91 Å². The number of rotatable bonds is 3. The van der Waals surface area contributed by atoms with Crippen LogP contribution in [0.3, 0.4) is 0 Å². The van der Waals surface area contributed by atoms with Gasteiger partial charge in [-0.3, -0.25) is 4.79 Å². The molecule has 0 saturated carbocycles. The van der Waals surface area contributed by atoms with Gasteiger partial charge in [0.15, 0.2) is 0 Å². The lowest BCUT2D eigenvalue weighted by molar-refractivity contribution is 0.0988. The SMILES string of the molecule is CCN(C(=O)c1cc(S)ccc1Cl)c1ccccc1C. The molecular weight excluding hydrogens is 290 g/mol. The minimum Gasteiger partial charge on any atom is -0.308 e. The average Bonchev–Trinajstić information content (AvgIpc) is 2.44. The maximum absolute atomic E-state index is 12.7. The molecule has 0 heterocycles. The van der Waals surface area contributed by atoms with E-state index in [0.29, 0.717) is 17.1 Å². The Kier molecular flexibility index (Phi) is 4.73. The van der Waals surface area contributed by atoms with E-state index in [1.165, 1.54) is 0 Å². The lowest BCUT2D eigenvalue weighted by Gasteiger charge is -2.23. The molecule has 2 aromatic carbocycles. The van der Waals surface area contributed by atoms with Gasteiger partial charge in [-0.1, -0.05) is 29.8 Å². The fourth-order valence-electron chi connectivity index (χ4n) is 2.11. The maximum atomic E-state index is 12.7. The zero-order valence-corrected chi connectivity index (χ0v) is 13.1. The molecule has 1 amide bonds. The van der Waals surface area contributed by atoms with Crippen molar-refractivity contribution in [1.82, 2.24) is 0 Å². The first-order chi connectivity index (χ1) is 9.54. The molecule has 0 radical (unpaired) electrons. The van der Waals surface area contributed by atoms with Crippen LogP contribution in [0.2, 0.25) is 5.02 Å². The Morgan fingerprint density at radius 2 is 1.95 bits per heavy atom. The molecule has 2 rings (SSSR count). The number of hydrogen-bond donors (Lipinski definition) is 1. The molecule has 0 spiro atoms. The van der Waals surface area contributed by atoms with Crippen molar-refractivity contribution in [3.8, 4) is 0 Å². The van der Waals surface area contributed by atoms with Crippen LogP contribution in [0.5, 0.6) is 0 Å². The van der Waals surface area contributed by atoms with Crippen molar-refractivity contribution in [1.29, 1.82) is 0 Å². The number of benzene rings is 2. The topological polar surface area (TPSA) is 20.3 Å². The molecule has 20 heavy (non-hydrogen) atoms. The molecule has 0 unspecified atom stereocenters. The Morgan fingerprint density at radius 1 is 1.25 bits per heavy atom. The van der Waals surface area contributed by atoms with Crippen molar-refractivity contribution in [3.63, 3.8) is 0 Å². The van der Waals surface area contributed by atoms with Crippen molar-refractivity contribution in [3.05, 3.63) is 58.6 Å². The highest BCUT2D eigenvalue weighted by molar-refractivity contribution is 7.80. The summed E-state index contributed by atoms with van der Waals surface area (Å²) in [6, 6.07) is 13.0. The number of carbonyl (C=O) groups is 1. The third kappa shape index (κ3) is 3.00. The second-order valence-corrected chi connectivity index (χ2v) is 5.42. The van der Waals surface area contributed by atoms with Gasteiger partial charge in [0.2, 0.25) is 0 Å². The van der Waals surface area contributed by atoms with Crippen LogP contribution in [-0.4, -0.2) is 12.5 Å². The minimum absolute atomic E-state index is 0.109.